The molecule has 1 saturated heterocycles. The summed E-state index contributed by atoms with van der Waals surface area (Å²) in [7, 11) is 0. The lowest BCUT2D eigenvalue weighted by atomic mass is 10.0. The molecule has 6 atom stereocenters. The monoisotopic (exact) mass is 868 g/mol. The molecule has 1 fully saturated rings. The van der Waals surface area contributed by atoms with Gasteiger partial charge in [-0.25, -0.2) is 27.7 Å². The number of fused-ring (bicyclic) bond motifs is 1. The number of carbonyl (C=O) groups excluding carboxylic acids is 2. The highest BCUT2D eigenvalue weighted by Gasteiger charge is 2.57. The number of benzene rings is 1. The molecule has 1 aromatic carbocycles. The van der Waals surface area contributed by atoms with Gasteiger partial charge in [-0.15, -0.1) is 5.10 Å². The average Bonchev–Trinajstić information content (AvgIpc) is 3.78. The molecular weight excluding hydrogens is 814 g/mol. The summed E-state index contributed by atoms with van der Waals surface area (Å²) in [6.07, 6.45) is -10.0. The molecule has 2 aromatic rings. The predicted octanol–water partition coefficient (Wildman–Crippen LogP) is 0.528. The van der Waals surface area contributed by atoms with Crippen LogP contribution in [-0.4, -0.2) is 168 Å². The molecule has 0 aliphatic carbocycles. The zero-order valence-electron chi connectivity index (χ0n) is 33.4. The summed E-state index contributed by atoms with van der Waals surface area (Å²) in [5.74, 6) is -5.55. The van der Waals surface area contributed by atoms with Gasteiger partial charge in [-0.05, 0) is 37.9 Å². The van der Waals surface area contributed by atoms with Crippen molar-refractivity contribution in [1.29, 1.82) is 0 Å². The molecule has 5 unspecified atom stereocenters. The largest absolute Gasteiger partial charge is 0.461 e. The van der Waals surface area contributed by atoms with Gasteiger partial charge in [-0.1, -0.05) is 31.4 Å². The number of carbonyl (C=O) groups is 2. The van der Waals surface area contributed by atoms with Crippen LogP contribution in [0.3, 0.4) is 0 Å². The number of ether oxygens (including phenoxy) is 1. The molecule has 1 amide bonds. The van der Waals surface area contributed by atoms with Crippen molar-refractivity contribution < 1.29 is 71.0 Å². The highest BCUT2D eigenvalue weighted by atomic mass is 19.4. The quantitative estimate of drug-likeness (QED) is 0.0388. The normalized spacial score (nSPS) is 18.5. The van der Waals surface area contributed by atoms with Gasteiger partial charge in [0.05, 0.1) is 50.4 Å². The Balaban J connectivity index is 1.46. The van der Waals surface area contributed by atoms with Gasteiger partial charge in [0.1, 0.15) is 24.1 Å². The van der Waals surface area contributed by atoms with E-state index in [-0.39, 0.29) is 57.0 Å². The van der Waals surface area contributed by atoms with Crippen molar-refractivity contribution in [2.24, 2.45) is 5.73 Å². The summed E-state index contributed by atoms with van der Waals surface area (Å²) in [5, 5.41) is 58.4. The summed E-state index contributed by atoms with van der Waals surface area (Å²) in [6, 6.07) is -0.0866. The number of aliphatic hydroxyl groups is 5. The van der Waals surface area contributed by atoms with E-state index in [2.05, 4.69) is 10.3 Å². The van der Waals surface area contributed by atoms with E-state index in [1.807, 2.05) is 6.92 Å². The van der Waals surface area contributed by atoms with Gasteiger partial charge in [-0.2, -0.15) is 13.2 Å². The molecular formula is C37H54F6N8O9. The van der Waals surface area contributed by atoms with Crippen LogP contribution in [0.15, 0.2) is 29.7 Å². The van der Waals surface area contributed by atoms with E-state index in [4.69, 9.17) is 20.4 Å². The number of aromatic nitrogens is 3. The van der Waals surface area contributed by atoms with Gasteiger partial charge < -0.3 is 45.8 Å². The van der Waals surface area contributed by atoms with E-state index in [0.717, 1.165) is 24.2 Å². The smallest absolute Gasteiger partial charge is 0.429 e. The topological polar surface area (TPSA) is 223 Å². The van der Waals surface area contributed by atoms with Crippen LogP contribution >= 0.6 is 0 Å². The van der Waals surface area contributed by atoms with E-state index >= 15 is 0 Å². The first-order valence-corrected chi connectivity index (χ1v) is 19.7. The van der Waals surface area contributed by atoms with Crippen LogP contribution in [0.4, 0.5) is 26.3 Å². The number of aliphatic hydroxyl groups excluding tert-OH is 5. The summed E-state index contributed by atoms with van der Waals surface area (Å²) in [6.45, 7) is 1.19. The average molecular weight is 869 g/mol. The van der Waals surface area contributed by atoms with E-state index in [0.29, 0.717) is 35.9 Å². The van der Waals surface area contributed by atoms with Crippen LogP contribution < -0.4 is 5.73 Å². The van der Waals surface area contributed by atoms with E-state index in [9.17, 15) is 56.4 Å². The molecule has 23 heteroatoms. The predicted molar refractivity (Wildman–Crippen MR) is 198 cm³/mol. The summed E-state index contributed by atoms with van der Waals surface area (Å²) >= 11 is 0. The Morgan fingerprint density at radius 3 is 2.37 bits per heavy atom. The molecule has 0 spiro atoms. The van der Waals surface area contributed by atoms with Gasteiger partial charge in [0, 0.05) is 50.9 Å². The number of hydrogen-bond donors (Lipinski definition) is 6. The molecule has 17 nitrogen and oxygen atoms in total. The maximum absolute atomic E-state index is 14.8. The Morgan fingerprint density at radius 1 is 1.00 bits per heavy atom. The van der Waals surface area contributed by atoms with Crippen LogP contribution in [0.25, 0.3) is 0 Å². The van der Waals surface area contributed by atoms with E-state index in [1.54, 1.807) is 4.90 Å². The highest BCUT2D eigenvalue weighted by Crippen LogP contribution is 2.41. The van der Waals surface area contributed by atoms with Crippen molar-refractivity contribution in [3.05, 3.63) is 58.4 Å². The minimum atomic E-state index is -4.98. The zero-order chi connectivity index (χ0) is 44.3. The van der Waals surface area contributed by atoms with Crippen LogP contribution in [0, 0.1) is 17.5 Å². The van der Waals surface area contributed by atoms with Crippen molar-refractivity contribution in [2.75, 3.05) is 52.5 Å². The fourth-order valence-electron chi connectivity index (χ4n) is 6.98. The summed E-state index contributed by atoms with van der Waals surface area (Å²) in [4.78, 5) is 36.0. The second kappa shape index (κ2) is 22.1. The number of halogens is 6. The van der Waals surface area contributed by atoms with Gasteiger partial charge in [0.2, 0.25) is 12.1 Å². The number of amides is 1. The molecule has 7 N–H and O–H groups in total. The first-order valence-electron chi connectivity index (χ1n) is 19.7. The van der Waals surface area contributed by atoms with Gasteiger partial charge in [-0.3, -0.25) is 14.5 Å². The van der Waals surface area contributed by atoms with Crippen LogP contribution in [0.5, 0.6) is 0 Å². The molecule has 60 heavy (non-hydrogen) atoms. The van der Waals surface area contributed by atoms with Gasteiger partial charge in [0.25, 0.3) is 0 Å². The first kappa shape index (κ1) is 48.6. The molecule has 0 bridgehead atoms. The summed E-state index contributed by atoms with van der Waals surface area (Å²) in [5.41, 5.74) is 5.37. The number of nitrogens with zero attached hydrogens (tertiary/aromatic N) is 7. The number of nitrogens with two attached hydrogens (primary N) is 1. The molecule has 3 heterocycles. The van der Waals surface area contributed by atoms with Gasteiger partial charge >= 0.3 is 12.1 Å². The van der Waals surface area contributed by atoms with Crippen molar-refractivity contribution in [1.82, 2.24) is 34.8 Å². The number of hydroxylamine groups is 2. The zero-order valence-corrected chi connectivity index (χ0v) is 33.4. The lowest BCUT2D eigenvalue weighted by Gasteiger charge is -2.39. The molecule has 0 saturated carbocycles. The first-order chi connectivity index (χ1) is 28.4. The third-order valence-electron chi connectivity index (χ3n) is 10.1. The number of esters is 1. The van der Waals surface area contributed by atoms with Crippen molar-refractivity contribution in [3.63, 3.8) is 0 Å². The Hall–Kier alpha value is -4.10. The highest BCUT2D eigenvalue weighted by molar-refractivity contribution is 5.89. The standard InChI is InChI=1S/C37H54F6N8O9/c1-3-5-6-7-8-47(20-29(53)33(56)34(57)30(54)21-52)17-24-18-49(46-45-24)11-12-60-51-32(35(58)59-4-2)28-19-48(9-10-50(28)36(51)37(41,42)43)31(55)15-23(44)13-22-14-26(39)27(40)16-25(22)38/h14,16,18,23,29-30,33-34,36,52-54,56-57H,3-13,15,17,19-21,44H2,1-2H3/t23-,29?,30?,33?,34?,36?/m1/s1. The van der Waals surface area contributed by atoms with Gasteiger partial charge in [0.15, 0.2) is 17.3 Å². The molecule has 1 aromatic heterocycles. The molecule has 0 radical (unpaired) electrons. The van der Waals surface area contributed by atoms with Crippen molar-refractivity contribution in [2.45, 2.75) is 108 Å². The number of piperazine rings is 1. The fraction of sp³-hybridized carbons (Fsp3) is 0.676. The maximum atomic E-state index is 14.8. The lowest BCUT2D eigenvalue weighted by molar-refractivity contribution is -0.282. The molecule has 4 rings (SSSR count). The Kier molecular flexibility index (Phi) is 17.9. The van der Waals surface area contributed by atoms with E-state index in [1.165, 1.54) is 22.7 Å². The Morgan fingerprint density at radius 2 is 1.70 bits per heavy atom. The van der Waals surface area contributed by atoms with Crippen molar-refractivity contribution in [3.8, 4) is 0 Å². The number of alkyl halides is 3. The number of unbranched alkanes of at least 4 members (excludes halogenated alkanes) is 3. The fourth-order valence-corrected chi connectivity index (χ4v) is 6.98. The van der Waals surface area contributed by atoms with Crippen LogP contribution in [0.1, 0.15) is 57.2 Å². The minimum absolute atomic E-state index is 0.105. The third kappa shape index (κ3) is 12.7. The number of rotatable bonds is 23. The Bertz CT molecular complexity index is 1760. The van der Waals surface area contributed by atoms with E-state index < -0.39 is 104 Å². The second-order valence-electron chi connectivity index (χ2n) is 14.7. The third-order valence-corrected chi connectivity index (χ3v) is 10.1. The molecule has 2 aliphatic rings. The van der Waals surface area contributed by atoms with Crippen LogP contribution in [0.2, 0.25) is 0 Å². The lowest BCUT2D eigenvalue weighted by Crippen LogP contribution is -2.56. The molecule has 2 aliphatic heterocycles. The maximum Gasteiger partial charge on any atom is 0.429 e. The summed E-state index contributed by atoms with van der Waals surface area (Å²) < 4.78 is 92.0. The van der Waals surface area contributed by atoms with Crippen molar-refractivity contribution >= 4 is 11.9 Å². The molecule has 338 valence electrons. The Labute approximate surface area is 342 Å². The minimum Gasteiger partial charge on any atom is -0.461 e. The second-order valence-corrected chi connectivity index (χ2v) is 14.7. The number of hydrogen-bond acceptors (Lipinski definition) is 15. The SMILES string of the molecule is CCCCCCN(Cc1cn(CCON2C(C(=O)OCC)=C3CN(C(=O)C[C@H](N)Cc4cc(F)c(F)cc4F)CCN3C2C(F)(F)F)nn1)CC(O)C(O)C(O)C(O)CO. The van der Waals surface area contributed by atoms with Crippen LogP contribution in [-0.2, 0) is 38.7 Å².